The molecule has 2 amide bonds. The smallest absolute Gasteiger partial charge is 0.240 e. The van der Waals surface area contributed by atoms with Gasteiger partial charge in [-0.25, -0.2) is 8.78 Å². The lowest BCUT2D eigenvalue weighted by atomic mass is 9.66. The van der Waals surface area contributed by atoms with Crippen molar-refractivity contribution < 1.29 is 23.5 Å². The number of benzene rings is 1. The zero-order valence-electron chi connectivity index (χ0n) is 13.3. The van der Waals surface area contributed by atoms with Gasteiger partial charge in [0.2, 0.25) is 11.8 Å². The molecule has 0 bridgehead atoms. The summed E-state index contributed by atoms with van der Waals surface area (Å²) in [5.74, 6) is -2.86. The van der Waals surface area contributed by atoms with Gasteiger partial charge in [0.25, 0.3) is 0 Å². The predicted octanol–water partition coefficient (Wildman–Crippen LogP) is 1.68. The van der Waals surface area contributed by atoms with E-state index in [9.17, 15) is 23.5 Å². The maximum absolute atomic E-state index is 13.6. The Hall–Kier alpha value is -2.02. The Morgan fingerprint density at radius 3 is 2.46 bits per heavy atom. The number of hydrogen-bond donors (Lipinski definition) is 2. The van der Waals surface area contributed by atoms with Crippen molar-refractivity contribution in [1.29, 1.82) is 0 Å². The number of primary amides is 1. The SMILES string of the molecule is C[C@@]1(O)C[CH]C[C@@]2(CC(C(N)=O)N(c3cc(F)cc(F)c3)C2=O)C1. The second kappa shape index (κ2) is 5.51. The fourth-order valence-corrected chi connectivity index (χ4v) is 4.00. The van der Waals surface area contributed by atoms with Gasteiger partial charge in [-0.05, 0) is 51.2 Å². The zero-order valence-corrected chi connectivity index (χ0v) is 13.3. The summed E-state index contributed by atoms with van der Waals surface area (Å²) >= 11 is 0. The maximum Gasteiger partial charge on any atom is 0.240 e. The summed E-state index contributed by atoms with van der Waals surface area (Å²) in [7, 11) is 0. The number of rotatable bonds is 2. The van der Waals surface area contributed by atoms with Gasteiger partial charge in [0.05, 0.1) is 16.7 Å². The normalized spacial score (nSPS) is 33.2. The fraction of sp³-hybridized carbons (Fsp3) is 0.471. The largest absolute Gasteiger partial charge is 0.390 e. The molecule has 3 N–H and O–H groups in total. The second-order valence-corrected chi connectivity index (χ2v) is 7.08. The maximum atomic E-state index is 13.6. The Morgan fingerprint density at radius 1 is 1.29 bits per heavy atom. The van der Waals surface area contributed by atoms with Gasteiger partial charge in [-0.1, -0.05) is 0 Å². The van der Waals surface area contributed by atoms with Crippen LogP contribution in [0.25, 0.3) is 0 Å². The summed E-state index contributed by atoms with van der Waals surface area (Å²) in [6, 6.07) is 1.69. The summed E-state index contributed by atoms with van der Waals surface area (Å²) in [5.41, 5.74) is 3.34. The number of amides is 2. The van der Waals surface area contributed by atoms with Crippen molar-refractivity contribution in [2.24, 2.45) is 11.1 Å². The second-order valence-electron chi connectivity index (χ2n) is 7.08. The molecule has 3 rings (SSSR count). The summed E-state index contributed by atoms with van der Waals surface area (Å²) in [5, 5.41) is 10.3. The molecule has 1 radical (unpaired) electrons. The van der Waals surface area contributed by atoms with Crippen LogP contribution in [-0.4, -0.2) is 28.6 Å². The number of carbonyl (C=O) groups is 2. The van der Waals surface area contributed by atoms with Crippen LogP contribution in [0.1, 0.15) is 32.6 Å². The fourth-order valence-electron chi connectivity index (χ4n) is 4.00. The van der Waals surface area contributed by atoms with Crippen LogP contribution in [0, 0.1) is 23.5 Å². The molecule has 129 valence electrons. The van der Waals surface area contributed by atoms with Crippen molar-refractivity contribution >= 4 is 17.5 Å². The van der Waals surface area contributed by atoms with Crippen LogP contribution in [0.3, 0.4) is 0 Å². The molecule has 3 atom stereocenters. The minimum atomic E-state index is -1.07. The molecule has 1 aromatic rings. The number of nitrogens with two attached hydrogens (primary N) is 1. The Labute approximate surface area is 138 Å². The Balaban J connectivity index is 2.04. The molecule has 24 heavy (non-hydrogen) atoms. The van der Waals surface area contributed by atoms with Gasteiger partial charge in [0, 0.05) is 6.07 Å². The van der Waals surface area contributed by atoms with E-state index in [2.05, 4.69) is 0 Å². The third kappa shape index (κ3) is 2.77. The highest BCUT2D eigenvalue weighted by molar-refractivity contribution is 6.07. The van der Waals surface area contributed by atoms with Crippen LogP contribution in [0.5, 0.6) is 0 Å². The van der Waals surface area contributed by atoms with E-state index in [1.807, 2.05) is 6.42 Å². The van der Waals surface area contributed by atoms with Crippen LogP contribution >= 0.6 is 0 Å². The van der Waals surface area contributed by atoms with Gasteiger partial charge in [0.1, 0.15) is 17.7 Å². The van der Waals surface area contributed by atoms with E-state index in [4.69, 9.17) is 5.73 Å². The lowest BCUT2D eigenvalue weighted by Crippen LogP contribution is -2.45. The van der Waals surface area contributed by atoms with Crippen molar-refractivity contribution in [2.75, 3.05) is 4.90 Å². The van der Waals surface area contributed by atoms with Crippen molar-refractivity contribution in [3.05, 3.63) is 36.3 Å². The first-order valence-electron chi connectivity index (χ1n) is 7.77. The first kappa shape index (κ1) is 16.8. The minimum absolute atomic E-state index is 0.0385. The van der Waals surface area contributed by atoms with E-state index in [0.29, 0.717) is 18.9 Å². The Bertz CT molecular complexity index is 687. The molecule has 1 saturated carbocycles. The van der Waals surface area contributed by atoms with Crippen molar-refractivity contribution in [1.82, 2.24) is 0 Å². The lowest BCUT2D eigenvalue weighted by Gasteiger charge is -2.39. The van der Waals surface area contributed by atoms with Crippen LogP contribution in [0.4, 0.5) is 14.5 Å². The average molecular weight is 337 g/mol. The van der Waals surface area contributed by atoms with Crippen LogP contribution in [0.2, 0.25) is 0 Å². The van der Waals surface area contributed by atoms with Gasteiger partial charge in [0.15, 0.2) is 0 Å². The van der Waals surface area contributed by atoms with E-state index in [1.165, 1.54) is 0 Å². The monoisotopic (exact) mass is 337 g/mol. The topological polar surface area (TPSA) is 83.6 Å². The van der Waals surface area contributed by atoms with Gasteiger partial charge >= 0.3 is 0 Å². The highest BCUT2D eigenvalue weighted by Gasteiger charge is 2.57. The van der Waals surface area contributed by atoms with E-state index < -0.39 is 40.5 Å². The molecule has 1 spiro atoms. The number of carbonyl (C=O) groups excluding carboxylic acids is 2. The number of nitrogens with zero attached hydrogens (tertiary/aromatic N) is 1. The zero-order chi connectivity index (χ0) is 17.7. The number of aliphatic hydroxyl groups is 1. The standard InChI is InChI=1S/C17H19F2N2O3/c1-16(24)3-2-4-17(9-16)8-13(14(20)22)21(15(17)23)12-6-10(18)5-11(19)7-12/h2,5-7,13,24H,3-4,8-9H2,1H3,(H2,20,22)/t13?,16-,17-/m1/s1. The van der Waals surface area contributed by atoms with Crippen LogP contribution in [-0.2, 0) is 9.59 Å². The van der Waals surface area contributed by atoms with E-state index in [0.717, 1.165) is 17.0 Å². The summed E-state index contributed by atoms with van der Waals surface area (Å²) < 4.78 is 27.1. The summed E-state index contributed by atoms with van der Waals surface area (Å²) in [4.78, 5) is 26.0. The van der Waals surface area contributed by atoms with Gasteiger partial charge < -0.3 is 10.8 Å². The first-order valence-corrected chi connectivity index (χ1v) is 7.77. The number of hydrogen-bond acceptors (Lipinski definition) is 3. The van der Waals surface area contributed by atoms with Crippen molar-refractivity contribution in [3.8, 4) is 0 Å². The lowest BCUT2D eigenvalue weighted by molar-refractivity contribution is -0.131. The third-order valence-electron chi connectivity index (χ3n) is 4.86. The molecule has 1 aliphatic carbocycles. The summed E-state index contributed by atoms with van der Waals surface area (Å²) in [6.07, 6.45) is 2.94. The molecule has 5 nitrogen and oxygen atoms in total. The third-order valence-corrected chi connectivity index (χ3v) is 4.86. The predicted molar refractivity (Wildman–Crippen MR) is 82.7 cm³/mol. The highest BCUT2D eigenvalue weighted by Crippen LogP contribution is 2.51. The average Bonchev–Trinajstić information content (AvgIpc) is 2.70. The van der Waals surface area contributed by atoms with Gasteiger partial charge in [-0.2, -0.15) is 0 Å². The van der Waals surface area contributed by atoms with Crippen LogP contribution < -0.4 is 10.6 Å². The minimum Gasteiger partial charge on any atom is -0.390 e. The molecule has 7 heteroatoms. The number of halogens is 2. The molecule has 1 aliphatic heterocycles. The summed E-state index contributed by atoms with van der Waals surface area (Å²) in [6.45, 7) is 1.63. The van der Waals surface area contributed by atoms with E-state index >= 15 is 0 Å². The van der Waals surface area contributed by atoms with Crippen molar-refractivity contribution in [2.45, 2.75) is 44.2 Å². The molecular weight excluding hydrogens is 318 g/mol. The molecule has 1 saturated heterocycles. The molecule has 1 heterocycles. The Kier molecular flexibility index (Phi) is 3.86. The molecule has 2 aliphatic rings. The molecule has 1 unspecified atom stereocenters. The quantitative estimate of drug-likeness (QED) is 0.861. The molecule has 2 fully saturated rings. The van der Waals surface area contributed by atoms with E-state index in [1.54, 1.807) is 6.92 Å². The van der Waals surface area contributed by atoms with Gasteiger partial charge in [-0.15, -0.1) is 0 Å². The molecule has 1 aromatic carbocycles. The van der Waals surface area contributed by atoms with Crippen LogP contribution in [0.15, 0.2) is 18.2 Å². The van der Waals surface area contributed by atoms with Gasteiger partial charge in [-0.3, -0.25) is 14.5 Å². The molecule has 0 aromatic heterocycles. The molecular formula is C17H19F2N2O3. The van der Waals surface area contributed by atoms with E-state index in [-0.39, 0.29) is 18.5 Å². The van der Waals surface area contributed by atoms with Crippen molar-refractivity contribution in [3.63, 3.8) is 0 Å². The Morgan fingerprint density at radius 2 is 1.92 bits per heavy atom. The highest BCUT2D eigenvalue weighted by atomic mass is 19.1. The number of anilines is 1. The first-order chi connectivity index (χ1) is 11.1.